The second-order valence-corrected chi connectivity index (χ2v) is 8.33. The van der Waals surface area contributed by atoms with Crippen molar-refractivity contribution in [3.05, 3.63) is 57.6 Å². The number of halogens is 2. The summed E-state index contributed by atoms with van der Waals surface area (Å²) >= 11 is 6.04. The summed E-state index contributed by atoms with van der Waals surface area (Å²) in [4.78, 5) is 22.7. The summed E-state index contributed by atoms with van der Waals surface area (Å²) in [5.41, 5.74) is 1.66. The molecule has 0 aliphatic carbocycles. The fourth-order valence-electron chi connectivity index (χ4n) is 4.57. The SMILES string of the molecule is Cn1c(-c2cc(Cl)ccc2F)nc2ccc(N3CCN4CCC3CC4)cc2c1=O. The van der Waals surface area contributed by atoms with Crippen molar-refractivity contribution in [2.45, 2.75) is 18.9 Å². The van der Waals surface area contributed by atoms with Crippen molar-refractivity contribution >= 4 is 28.2 Å². The van der Waals surface area contributed by atoms with Crippen LogP contribution in [-0.4, -0.2) is 46.7 Å². The Morgan fingerprint density at radius 2 is 1.86 bits per heavy atom. The Morgan fingerprint density at radius 3 is 2.66 bits per heavy atom. The number of nitrogens with zero attached hydrogens (tertiary/aromatic N) is 4. The summed E-state index contributed by atoms with van der Waals surface area (Å²) in [6, 6.07) is 10.6. The zero-order valence-electron chi connectivity index (χ0n) is 16.2. The zero-order chi connectivity index (χ0) is 20.1. The summed E-state index contributed by atoms with van der Waals surface area (Å²) in [7, 11) is 1.62. The first-order chi connectivity index (χ1) is 14.0. The summed E-state index contributed by atoms with van der Waals surface area (Å²) < 4.78 is 15.8. The second-order valence-electron chi connectivity index (χ2n) is 7.89. The van der Waals surface area contributed by atoms with Crippen LogP contribution in [-0.2, 0) is 7.05 Å². The van der Waals surface area contributed by atoms with Crippen molar-refractivity contribution in [1.29, 1.82) is 0 Å². The Balaban J connectivity index is 1.62. The monoisotopic (exact) mass is 412 g/mol. The minimum absolute atomic E-state index is 0.186. The second kappa shape index (κ2) is 7.11. The Labute approximate surface area is 173 Å². The van der Waals surface area contributed by atoms with E-state index in [1.54, 1.807) is 7.05 Å². The molecule has 0 N–H and O–H groups in total. The maximum atomic E-state index is 14.4. The van der Waals surface area contributed by atoms with Crippen LogP contribution < -0.4 is 10.5 Å². The first-order valence-corrected chi connectivity index (χ1v) is 10.3. The van der Waals surface area contributed by atoms with Gasteiger partial charge in [0.25, 0.3) is 5.56 Å². The molecule has 0 saturated carbocycles. The Kier molecular flexibility index (Phi) is 4.56. The molecule has 3 aliphatic rings. The molecule has 5 nitrogen and oxygen atoms in total. The number of anilines is 1. The summed E-state index contributed by atoms with van der Waals surface area (Å²) in [6.07, 6.45) is 2.31. The molecule has 3 aromatic rings. The van der Waals surface area contributed by atoms with E-state index in [0.717, 1.165) is 44.7 Å². The van der Waals surface area contributed by atoms with Crippen LogP contribution in [0.2, 0.25) is 5.02 Å². The standard InChI is InChI=1S/C22H22ClFN4O/c1-26-21(17-12-14(23)2-4-19(17)24)25-20-5-3-16(13-18(20)22(26)29)28-11-10-27-8-6-15(28)7-9-27/h2-5,12-13,15H,6-11H2,1H3. The largest absolute Gasteiger partial charge is 0.367 e. The average molecular weight is 413 g/mol. The van der Waals surface area contributed by atoms with Crippen molar-refractivity contribution in [3.63, 3.8) is 0 Å². The minimum atomic E-state index is -0.455. The molecule has 0 atom stereocenters. The highest BCUT2D eigenvalue weighted by Gasteiger charge is 2.29. The fourth-order valence-corrected chi connectivity index (χ4v) is 4.75. The van der Waals surface area contributed by atoms with Gasteiger partial charge < -0.3 is 9.80 Å². The molecule has 0 radical (unpaired) electrons. The van der Waals surface area contributed by atoms with Crippen molar-refractivity contribution < 1.29 is 4.39 Å². The molecule has 3 aliphatic heterocycles. The normalized spacial score (nSPS) is 21.6. The number of rotatable bonds is 2. The van der Waals surface area contributed by atoms with Gasteiger partial charge in [-0.05, 0) is 49.2 Å². The topological polar surface area (TPSA) is 41.4 Å². The highest BCUT2D eigenvalue weighted by atomic mass is 35.5. The predicted molar refractivity (Wildman–Crippen MR) is 114 cm³/mol. The molecule has 2 aromatic carbocycles. The highest BCUT2D eigenvalue weighted by molar-refractivity contribution is 6.30. The number of hydrogen-bond acceptors (Lipinski definition) is 4. The molecule has 3 fully saturated rings. The molecule has 0 spiro atoms. The van der Waals surface area contributed by atoms with E-state index in [-0.39, 0.29) is 16.9 Å². The van der Waals surface area contributed by atoms with Crippen LogP contribution in [0.3, 0.4) is 0 Å². The lowest BCUT2D eigenvalue weighted by molar-refractivity contribution is 0.250. The molecule has 0 amide bonds. The predicted octanol–water partition coefficient (Wildman–Crippen LogP) is 3.68. The molecule has 1 aromatic heterocycles. The first kappa shape index (κ1) is 18.6. The molecule has 3 saturated heterocycles. The molecule has 4 heterocycles. The van der Waals surface area contributed by atoms with Gasteiger partial charge in [0, 0.05) is 50.0 Å². The van der Waals surface area contributed by atoms with Crippen LogP contribution in [0, 0.1) is 5.82 Å². The van der Waals surface area contributed by atoms with Crippen molar-refractivity contribution in [2.75, 3.05) is 31.1 Å². The van der Waals surface area contributed by atoms with Gasteiger partial charge in [0.05, 0.1) is 16.5 Å². The molecule has 6 rings (SSSR count). The van der Waals surface area contributed by atoms with Crippen LogP contribution in [0.15, 0.2) is 41.2 Å². The summed E-state index contributed by atoms with van der Waals surface area (Å²) in [5, 5.41) is 0.952. The number of fused-ring (bicyclic) bond motifs is 5. The third-order valence-corrected chi connectivity index (χ3v) is 6.45. The summed E-state index contributed by atoms with van der Waals surface area (Å²) in [6.45, 7) is 4.31. The maximum absolute atomic E-state index is 14.4. The van der Waals surface area contributed by atoms with Gasteiger partial charge in [-0.25, -0.2) is 9.37 Å². The van der Waals surface area contributed by atoms with E-state index in [1.807, 2.05) is 18.2 Å². The van der Waals surface area contributed by atoms with E-state index in [4.69, 9.17) is 11.6 Å². The third-order valence-electron chi connectivity index (χ3n) is 6.22. The van der Waals surface area contributed by atoms with Crippen LogP contribution in [0.1, 0.15) is 12.8 Å². The van der Waals surface area contributed by atoms with Crippen molar-refractivity contribution in [3.8, 4) is 11.4 Å². The van der Waals surface area contributed by atoms with E-state index < -0.39 is 5.82 Å². The Bertz CT molecular complexity index is 1150. The quantitative estimate of drug-likeness (QED) is 0.644. The number of hydrogen-bond donors (Lipinski definition) is 0. The molecule has 0 unspecified atom stereocenters. The fraction of sp³-hybridized carbons (Fsp3) is 0.364. The molecular formula is C22H22ClFN4O. The van der Waals surface area contributed by atoms with E-state index >= 15 is 0 Å². The third kappa shape index (κ3) is 3.20. The molecule has 2 bridgehead atoms. The highest BCUT2D eigenvalue weighted by Crippen LogP contribution is 2.29. The minimum Gasteiger partial charge on any atom is -0.367 e. The van der Waals surface area contributed by atoms with Gasteiger partial charge in [-0.3, -0.25) is 9.36 Å². The first-order valence-electron chi connectivity index (χ1n) is 9.96. The molecule has 29 heavy (non-hydrogen) atoms. The van der Waals surface area contributed by atoms with Crippen molar-refractivity contribution in [1.82, 2.24) is 14.5 Å². The van der Waals surface area contributed by atoms with Crippen LogP contribution in [0.25, 0.3) is 22.3 Å². The van der Waals surface area contributed by atoms with Crippen LogP contribution in [0.4, 0.5) is 10.1 Å². The van der Waals surface area contributed by atoms with Gasteiger partial charge in [0.15, 0.2) is 0 Å². The van der Waals surface area contributed by atoms with Gasteiger partial charge in [-0.1, -0.05) is 11.6 Å². The van der Waals surface area contributed by atoms with Gasteiger partial charge >= 0.3 is 0 Å². The molecule has 7 heteroatoms. The van der Waals surface area contributed by atoms with E-state index in [9.17, 15) is 9.18 Å². The van der Waals surface area contributed by atoms with Gasteiger partial charge in [0.2, 0.25) is 0 Å². The molecule has 150 valence electrons. The van der Waals surface area contributed by atoms with Crippen molar-refractivity contribution in [2.24, 2.45) is 7.05 Å². The van der Waals surface area contributed by atoms with Gasteiger partial charge in [0.1, 0.15) is 11.6 Å². The molecular weight excluding hydrogens is 391 g/mol. The zero-order valence-corrected chi connectivity index (χ0v) is 17.0. The maximum Gasteiger partial charge on any atom is 0.261 e. The van der Waals surface area contributed by atoms with Crippen LogP contribution in [0.5, 0.6) is 0 Å². The number of aromatic nitrogens is 2. The summed E-state index contributed by atoms with van der Waals surface area (Å²) in [5.74, 6) is -0.181. The number of benzene rings is 2. The van der Waals surface area contributed by atoms with E-state index in [2.05, 4.69) is 14.8 Å². The van der Waals surface area contributed by atoms with Crippen LogP contribution >= 0.6 is 11.6 Å². The lowest BCUT2D eigenvalue weighted by Gasteiger charge is -2.33. The lowest BCUT2D eigenvalue weighted by atomic mass is 10.0. The Morgan fingerprint density at radius 1 is 1.07 bits per heavy atom. The van der Waals surface area contributed by atoms with E-state index in [0.29, 0.717) is 22.0 Å². The van der Waals surface area contributed by atoms with Gasteiger partial charge in [-0.15, -0.1) is 0 Å². The lowest BCUT2D eigenvalue weighted by Crippen LogP contribution is -2.38. The average Bonchev–Trinajstić information content (AvgIpc) is 3.06. The van der Waals surface area contributed by atoms with E-state index in [1.165, 1.54) is 22.8 Å². The van der Waals surface area contributed by atoms with Gasteiger partial charge in [-0.2, -0.15) is 0 Å². The smallest absolute Gasteiger partial charge is 0.261 e. The number of piperidine rings is 1. The Hall–Kier alpha value is -2.44.